The maximum absolute atomic E-state index is 11.8. The number of thiocarbonyl (C=S) groups is 1. The maximum Gasteiger partial charge on any atom is 0.373 e. The van der Waals surface area contributed by atoms with Crippen LogP contribution in [0.5, 0.6) is 11.5 Å². The molecule has 1 saturated heterocycles. The van der Waals surface area contributed by atoms with Gasteiger partial charge in [0.25, 0.3) is 5.91 Å². The molecule has 1 aromatic heterocycles. The lowest BCUT2D eigenvalue weighted by Gasteiger charge is -2.10. The first kappa shape index (κ1) is 19.0. The number of hydrogen-bond acceptors (Lipinski definition) is 8. The van der Waals surface area contributed by atoms with Gasteiger partial charge in [-0.1, -0.05) is 30.0 Å². The van der Waals surface area contributed by atoms with Crippen LogP contribution in [-0.2, 0) is 16.1 Å². The van der Waals surface area contributed by atoms with Crippen molar-refractivity contribution in [1.82, 2.24) is 5.32 Å². The van der Waals surface area contributed by atoms with E-state index in [1.807, 2.05) is 0 Å². The average Bonchev–Trinajstić information content (AvgIpc) is 3.26. The number of amides is 1. The number of furan rings is 1. The Morgan fingerprint density at radius 1 is 1.26 bits per heavy atom. The minimum atomic E-state index is -0.551. The smallest absolute Gasteiger partial charge is 0.373 e. The van der Waals surface area contributed by atoms with Crippen LogP contribution < -0.4 is 14.8 Å². The quantitative estimate of drug-likeness (QED) is 0.446. The Hall–Kier alpha value is -2.78. The highest BCUT2D eigenvalue weighted by atomic mass is 32.2. The summed E-state index contributed by atoms with van der Waals surface area (Å²) in [7, 11) is 2.80. The van der Waals surface area contributed by atoms with E-state index in [0.29, 0.717) is 26.5 Å². The zero-order valence-electron chi connectivity index (χ0n) is 14.4. The Morgan fingerprint density at radius 3 is 2.74 bits per heavy atom. The molecule has 0 atom stereocenters. The van der Waals surface area contributed by atoms with Gasteiger partial charge in [-0.2, -0.15) is 0 Å². The Morgan fingerprint density at radius 2 is 2.07 bits per heavy atom. The second-order valence-corrected chi connectivity index (χ2v) is 7.03. The summed E-state index contributed by atoms with van der Waals surface area (Å²) in [6.45, 7) is 0.111. The molecule has 2 heterocycles. The Kier molecular flexibility index (Phi) is 5.82. The third-order valence-corrected chi connectivity index (χ3v) is 4.71. The van der Waals surface area contributed by atoms with E-state index >= 15 is 0 Å². The van der Waals surface area contributed by atoms with Gasteiger partial charge in [-0.05, 0) is 35.9 Å². The summed E-state index contributed by atoms with van der Waals surface area (Å²) in [4.78, 5) is 23.7. The number of esters is 1. The fraction of sp³-hybridized carbons (Fsp3) is 0.167. The fourth-order valence-corrected chi connectivity index (χ4v) is 3.32. The highest BCUT2D eigenvalue weighted by Crippen LogP contribution is 2.32. The summed E-state index contributed by atoms with van der Waals surface area (Å²) >= 11 is 6.18. The van der Waals surface area contributed by atoms with E-state index < -0.39 is 5.97 Å². The van der Waals surface area contributed by atoms with Crippen molar-refractivity contribution in [2.75, 3.05) is 14.2 Å². The topological polar surface area (TPSA) is 87.0 Å². The third kappa shape index (κ3) is 4.50. The average molecular weight is 405 g/mol. The minimum Gasteiger partial charge on any atom is -0.493 e. The van der Waals surface area contributed by atoms with Gasteiger partial charge in [0.05, 0.1) is 19.1 Å². The second kappa shape index (κ2) is 8.28. The molecule has 0 spiro atoms. The molecule has 27 heavy (non-hydrogen) atoms. The molecule has 0 unspecified atom stereocenters. The van der Waals surface area contributed by atoms with Crippen LogP contribution in [0.3, 0.4) is 0 Å². The van der Waals surface area contributed by atoms with Crippen molar-refractivity contribution in [2.24, 2.45) is 0 Å². The van der Waals surface area contributed by atoms with Crippen LogP contribution in [-0.4, -0.2) is 30.4 Å². The Labute approximate surface area is 164 Å². The molecule has 9 heteroatoms. The lowest BCUT2D eigenvalue weighted by Crippen LogP contribution is -2.17. The highest BCUT2D eigenvalue weighted by molar-refractivity contribution is 8.26. The van der Waals surface area contributed by atoms with Crippen molar-refractivity contribution in [3.8, 4) is 11.5 Å². The molecule has 2 aromatic rings. The maximum atomic E-state index is 11.8. The first-order chi connectivity index (χ1) is 13.0. The molecule has 1 aliphatic heterocycles. The van der Waals surface area contributed by atoms with Crippen molar-refractivity contribution in [2.45, 2.75) is 6.61 Å². The summed E-state index contributed by atoms with van der Waals surface area (Å²) in [5.74, 6) is 0.796. The van der Waals surface area contributed by atoms with Crippen molar-refractivity contribution in [1.29, 1.82) is 0 Å². The number of methoxy groups -OCH3 is 2. The van der Waals surface area contributed by atoms with Gasteiger partial charge in [0, 0.05) is 0 Å². The number of nitrogens with one attached hydrogen (secondary N) is 1. The Bertz CT molecular complexity index is 934. The van der Waals surface area contributed by atoms with Gasteiger partial charge in [0.1, 0.15) is 16.7 Å². The summed E-state index contributed by atoms with van der Waals surface area (Å²) in [5, 5.41) is 2.57. The van der Waals surface area contributed by atoms with E-state index in [9.17, 15) is 9.59 Å². The summed E-state index contributed by atoms with van der Waals surface area (Å²) in [6, 6.07) is 8.43. The lowest BCUT2D eigenvalue weighted by atomic mass is 10.2. The Balaban J connectivity index is 1.72. The SMILES string of the molecule is COC(=O)c1ccc(COc2ccc(/C=C3\SC(=S)NC3=O)cc2OC)o1. The summed E-state index contributed by atoms with van der Waals surface area (Å²) < 4.78 is 21.4. The van der Waals surface area contributed by atoms with Crippen LogP contribution in [0.15, 0.2) is 39.7 Å². The lowest BCUT2D eigenvalue weighted by molar-refractivity contribution is -0.115. The van der Waals surface area contributed by atoms with Crippen LogP contribution in [0.2, 0.25) is 0 Å². The van der Waals surface area contributed by atoms with E-state index in [1.165, 1.54) is 32.0 Å². The molecule has 140 valence electrons. The molecule has 1 amide bonds. The van der Waals surface area contributed by atoms with Gasteiger partial charge in [0.2, 0.25) is 5.76 Å². The molecular formula is C18H15NO6S2. The minimum absolute atomic E-state index is 0.107. The van der Waals surface area contributed by atoms with E-state index in [2.05, 4.69) is 10.1 Å². The number of ether oxygens (including phenoxy) is 3. The van der Waals surface area contributed by atoms with Gasteiger partial charge in [-0.25, -0.2) is 4.79 Å². The molecule has 0 radical (unpaired) electrons. The van der Waals surface area contributed by atoms with Crippen LogP contribution in [0.4, 0.5) is 0 Å². The molecule has 7 nitrogen and oxygen atoms in total. The number of benzene rings is 1. The van der Waals surface area contributed by atoms with Gasteiger partial charge in [-0.15, -0.1) is 0 Å². The first-order valence-corrected chi connectivity index (χ1v) is 8.95. The van der Waals surface area contributed by atoms with Crippen LogP contribution in [0.25, 0.3) is 6.08 Å². The first-order valence-electron chi connectivity index (χ1n) is 7.73. The van der Waals surface area contributed by atoms with Crippen molar-refractivity contribution < 1.29 is 28.2 Å². The molecule has 0 bridgehead atoms. The molecule has 3 rings (SSSR count). The monoisotopic (exact) mass is 405 g/mol. The molecule has 1 fully saturated rings. The highest BCUT2D eigenvalue weighted by Gasteiger charge is 2.22. The van der Waals surface area contributed by atoms with Crippen molar-refractivity contribution in [3.63, 3.8) is 0 Å². The second-order valence-electron chi connectivity index (χ2n) is 5.31. The van der Waals surface area contributed by atoms with E-state index in [4.69, 9.17) is 26.1 Å². The standard InChI is InChI=1S/C18H15NO6S2/c1-22-14-7-10(8-15-16(20)19-18(26)27-15)3-5-12(14)24-9-11-4-6-13(25-11)17(21)23-2/h3-8H,9H2,1-2H3,(H,19,20,26)/b15-8-. The van der Waals surface area contributed by atoms with Crippen LogP contribution >= 0.6 is 24.0 Å². The van der Waals surface area contributed by atoms with Gasteiger partial charge < -0.3 is 23.9 Å². The zero-order chi connectivity index (χ0) is 19.4. The van der Waals surface area contributed by atoms with Gasteiger partial charge >= 0.3 is 5.97 Å². The molecular weight excluding hydrogens is 390 g/mol. The number of carbonyl (C=O) groups excluding carboxylic acids is 2. The number of carbonyl (C=O) groups is 2. The van der Waals surface area contributed by atoms with E-state index in [1.54, 1.807) is 30.3 Å². The molecule has 1 aromatic carbocycles. The van der Waals surface area contributed by atoms with E-state index in [-0.39, 0.29) is 18.3 Å². The summed E-state index contributed by atoms with van der Waals surface area (Å²) in [5.41, 5.74) is 0.771. The number of thioether (sulfide) groups is 1. The predicted octanol–water partition coefficient (Wildman–Crippen LogP) is 3.14. The molecule has 0 saturated carbocycles. The van der Waals surface area contributed by atoms with Crippen LogP contribution in [0.1, 0.15) is 21.9 Å². The summed E-state index contributed by atoms with van der Waals surface area (Å²) in [6.07, 6.45) is 1.72. The molecule has 1 aliphatic rings. The third-order valence-electron chi connectivity index (χ3n) is 3.55. The zero-order valence-corrected chi connectivity index (χ0v) is 16.1. The largest absolute Gasteiger partial charge is 0.493 e. The van der Waals surface area contributed by atoms with Crippen LogP contribution in [0, 0.1) is 0 Å². The normalized spacial score (nSPS) is 15.0. The van der Waals surface area contributed by atoms with Crippen molar-refractivity contribution in [3.05, 3.63) is 52.3 Å². The fourth-order valence-electron chi connectivity index (χ4n) is 2.28. The van der Waals surface area contributed by atoms with Gasteiger partial charge in [-0.3, -0.25) is 4.79 Å². The van der Waals surface area contributed by atoms with Gasteiger partial charge in [0.15, 0.2) is 11.5 Å². The number of rotatable bonds is 6. The predicted molar refractivity (Wildman–Crippen MR) is 104 cm³/mol. The number of hydrogen-bond donors (Lipinski definition) is 1. The van der Waals surface area contributed by atoms with E-state index in [0.717, 1.165) is 5.56 Å². The van der Waals surface area contributed by atoms with Crippen molar-refractivity contribution >= 4 is 46.3 Å². The molecule has 1 N–H and O–H groups in total. The molecule has 0 aliphatic carbocycles.